The van der Waals surface area contributed by atoms with Crippen molar-refractivity contribution in [1.82, 2.24) is 14.9 Å². The predicted molar refractivity (Wildman–Crippen MR) is 124 cm³/mol. The second-order valence-corrected chi connectivity index (χ2v) is 7.67. The number of hydrogen-bond donors (Lipinski definition) is 4. The van der Waals surface area contributed by atoms with Gasteiger partial charge in [0.25, 0.3) is 0 Å². The number of anilines is 3. The molecule has 4 N–H and O–H groups in total. The molecule has 1 fully saturated rings. The lowest BCUT2D eigenvalue weighted by Crippen LogP contribution is -2.33. The van der Waals surface area contributed by atoms with Crippen molar-refractivity contribution >= 4 is 23.7 Å². The summed E-state index contributed by atoms with van der Waals surface area (Å²) in [6.45, 7) is 4.14. The molecule has 2 aromatic carbocycles. The molecule has 4 rings (SSSR count). The molecule has 0 spiro atoms. The van der Waals surface area contributed by atoms with Gasteiger partial charge in [0.05, 0.1) is 17.2 Å². The molecular weight excluding hydrogens is 391 g/mol. The van der Waals surface area contributed by atoms with Crippen molar-refractivity contribution in [2.45, 2.75) is 38.1 Å². The van der Waals surface area contributed by atoms with Gasteiger partial charge in [0, 0.05) is 12.3 Å². The van der Waals surface area contributed by atoms with Gasteiger partial charge in [-0.3, -0.25) is 4.57 Å². The Kier molecular flexibility index (Phi) is 6.31. The zero-order chi connectivity index (χ0) is 21.6. The van der Waals surface area contributed by atoms with Gasteiger partial charge in [0.2, 0.25) is 5.95 Å². The number of hydrogen-bond acceptors (Lipinski definition) is 5. The van der Waals surface area contributed by atoms with Crippen LogP contribution in [0.4, 0.5) is 21.8 Å². The highest BCUT2D eigenvalue weighted by atomic mass is 19.1. The van der Waals surface area contributed by atoms with E-state index in [2.05, 4.69) is 27.5 Å². The van der Waals surface area contributed by atoms with Crippen molar-refractivity contribution < 1.29 is 4.39 Å². The fourth-order valence-electron chi connectivity index (χ4n) is 3.93. The molecule has 0 bridgehead atoms. The highest BCUT2D eigenvalue weighted by Gasteiger charge is 2.20. The first-order valence-corrected chi connectivity index (χ1v) is 10.6. The molecule has 0 unspecified atom stereocenters. The van der Waals surface area contributed by atoms with Crippen molar-refractivity contribution in [2.24, 2.45) is 0 Å². The fraction of sp³-hybridized carbons (Fsp3) is 0.250. The molecule has 3 aromatic rings. The summed E-state index contributed by atoms with van der Waals surface area (Å²) in [6, 6.07) is 16.5. The molecule has 0 saturated heterocycles. The maximum atomic E-state index is 14.3. The monoisotopic (exact) mass is 418 g/mol. The zero-order valence-corrected chi connectivity index (χ0v) is 17.4. The van der Waals surface area contributed by atoms with E-state index in [0.717, 1.165) is 18.5 Å². The highest BCUT2D eigenvalue weighted by Crippen LogP contribution is 2.29. The van der Waals surface area contributed by atoms with Gasteiger partial charge in [0.1, 0.15) is 17.3 Å². The molecule has 31 heavy (non-hydrogen) atoms. The summed E-state index contributed by atoms with van der Waals surface area (Å²) < 4.78 is 16.1. The van der Waals surface area contributed by atoms with Crippen LogP contribution in [0.3, 0.4) is 0 Å². The van der Waals surface area contributed by atoms with E-state index in [9.17, 15) is 4.39 Å². The van der Waals surface area contributed by atoms with Crippen molar-refractivity contribution in [2.75, 3.05) is 10.6 Å². The molecule has 1 aliphatic rings. The van der Waals surface area contributed by atoms with Crippen LogP contribution in [0.5, 0.6) is 0 Å². The quantitative estimate of drug-likeness (QED) is 0.361. The average Bonchev–Trinajstić information content (AvgIpc) is 3.13. The van der Waals surface area contributed by atoms with E-state index in [1.54, 1.807) is 18.2 Å². The maximum absolute atomic E-state index is 14.3. The Morgan fingerprint density at radius 1 is 1.06 bits per heavy atom. The lowest BCUT2D eigenvalue weighted by atomic mass is 9.96. The number of aromatic nitrogens is 2. The van der Waals surface area contributed by atoms with Crippen molar-refractivity contribution in [1.29, 1.82) is 5.41 Å². The summed E-state index contributed by atoms with van der Waals surface area (Å²) in [4.78, 5) is 4.55. The van der Waals surface area contributed by atoms with Crippen LogP contribution in [0.25, 0.3) is 5.69 Å². The minimum absolute atomic E-state index is 0.312. The van der Waals surface area contributed by atoms with E-state index in [-0.39, 0.29) is 5.82 Å². The van der Waals surface area contributed by atoms with Crippen LogP contribution in [0.1, 0.15) is 37.8 Å². The molecule has 7 heteroatoms. The Hall–Kier alpha value is -3.61. The third-order valence-electron chi connectivity index (χ3n) is 5.43. The summed E-state index contributed by atoms with van der Waals surface area (Å²) >= 11 is 0. The van der Waals surface area contributed by atoms with Gasteiger partial charge in [-0.1, -0.05) is 56.2 Å². The predicted octanol–water partition coefficient (Wildman–Crippen LogP) is 5.56. The number of rotatable bonds is 8. The minimum atomic E-state index is -0.376. The van der Waals surface area contributed by atoms with Crippen molar-refractivity contribution in [3.63, 3.8) is 0 Å². The Balaban J connectivity index is 1.69. The molecule has 1 heterocycles. The first-order valence-electron chi connectivity index (χ1n) is 10.6. The number of halogens is 1. The van der Waals surface area contributed by atoms with E-state index in [1.807, 2.05) is 34.9 Å². The Labute approximate surface area is 181 Å². The van der Waals surface area contributed by atoms with E-state index in [0.29, 0.717) is 35.0 Å². The Morgan fingerprint density at radius 2 is 1.77 bits per heavy atom. The molecule has 0 radical (unpaired) electrons. The maximum Gasteiger partial charge on any atom is 0.214 e. The molecule has 0 amide bonds. The third-order valence-corrected chi connectivity index (χ3v) is 5.43. The topological polar surface area (TPSA) is 77.8 Å². The average molecular weight is 419 g/mol. The summed E-state index contributed by atoms with van der Waals surface area (Å²) in [5, 5.41) is 17.7. The van der Waals surface area contributed by atoms with Gasteiger partial charge in [-0.2, -0.15) is 0 Å². The van der Waals surface area contributed by atoms with Crippen molar-refractivity contribution in [3.05, 3.63) is 78.5 Å². The zero-order valence-electron chi connectivity index (χ0n) is 17.4. The Morgan fingerprint density at radius 3 is 2.48 bits per heavy atom. The summed E-state index contributed by atoms with van der Waals surface area (Å²) in [7, 11) is 0. The molecule has 160 valence electrons. The van der Waals surface area contributed by atoms with Crippen LogP contribution >= 0.6 is 0 Å². The smallest absolute Gasteiger partial charge is 0.214 e. The standard InChI is InChI=1S/C24H27FN6/c1-17(27-18-10-4-2-5-11-18)28-23-22(16-26)30-24(29-21-15-9-8-14-20(21)25)31(23)19-12-6-3-7-13-19/h3,6-9,12-16,18,26-28H,1-2,4-5,10-11H2,(H,29,30). The van der Waals surface area contributed by atoms with Gasteiger partial charge < -0.3 is 21.4 Å². The molecular formula is C24H27FN6. The second-order valence-electron chi connectivity index (χ2n) is 7.67. The van der Waals surface area contributed by atoms with Gasteiger partial charge in [-0.25, -0.2) is 9.37 Å². The fourth-order valence-corrected chi connectivity index (χ4v) is 3.93. The van der Waals surface area contributed by atoms with Crippen LogP contribution in [0.2, 0.25) is 0 Å². The lowest BCUT2D eigenvalue weighted by molar-refractivity contribution is 0.398. The van der Waals surface area contributed by atoms with Gasteiger partial charge in [-0.15, -0.1) is 0 Å². The molecule has 1 saturated carbocycles. The first-order chi connectivity index (χ1) is 15.2. The van der Waals surface area contributed by atoms with Crippen LogP contribution < -0.4 is 16.0 Å². The van der Waals surface area contributed by atoms with Gasteiger partial charge >= 0.3 is 0 Å². The van der Waals surface area contributed by atoms with E-state index < -0.39 is 0 Å². The van der Waals surface area contributed by atoms with E-state index in [4.69, 9.17) is 5.41 Å². The number of nitrogens with one attached hydrogen (secondary N) is 4. The van der Waals surface area contributed by atoms with E-state index in [1.165, 1.54) is 31.5 Å². The van der Waals surface area contributed by atoms with Crippen LogP contribution in [-0.2, 0) is 0 Å². The van der Waals surface area contributed by atoms with Gasteiger partial charge in [-0.05, 0) is 37.1 Å². The molecule has 1 aromatic heterocycles. The van der Waals surface area contributed by atoms with Crippen LogP contribution in [-0.4, -0.2) is 21.8 Å². The number of para-hydroxylation sites is 2. The highest BCUT2D eigenvalue weighted by molar-refractivity contribution is 5.85. The van der Waals surface area contributed by atoms with Crippen LogP contribution in [0, 0.1) is 11.2 Å². The minimum Gasteiger partial charge on any atom is -0.369 e. The molecule has 1 aliphatic carbocycles. The number of imidazole rings is 1. The first kappa shape index (κ1) is 20.7. The van der Waals surface area contributed by atoms with Crippen molar-refractivity contribution in [3.8, 4) is 5.69 Å². The lowest BCUT2D eigenvalue weighted by Gasteiger charge is -2.25. The number of nitrogens with zero attached hydrogens (tertiary/aromatic N) is 2. The Bertz CT molecular complexity index is 1050. The molecule has 6 nitrogen and oxygen atoms in total. The van der Waals surface area contributed by atoms with Gasteiger partial charge in [0.15, 0.2) is 0 Å². The molecule has 0 aliphatic heterocycles. The summed E-state index contributed by atoms with van der Waals surface area (Å²) in [5.41, 5.74) is 1.57. The summed E-state index contributed by atoms with van der Waals surface area (Å²) in [5.74, 6) is 1.28. The third kappa shape index (κ3) is 4.77. The second kappa shape index (κ2) is 9.47. The van der Waals surface area contributed by atoms with E-state index >= 15 is 0 Å². The largest absolute Gasteiger partial charge is 0.369 e. The van der Waals surface area contributed by atoms with Crippen LogP contribution in [0.15, 0.2) is 67.0 Å². The normalized spacial score (nSPS) is 14.1. The SMILES string of the molecule is C=C(Nc1c(C=N)nc(Nc2ccccc2F)n1-c1ccccc1)NC1CCCCC1. The summed E-state index contributed by atoms with van der Waals surface area (Å²) in [6.07, 6.45) is 7.14. The number of benzene rings is 2. The molecule has 0 atom stereocenters.